The van der Waals surface area contributed by atoms with Crippen molar-refractivity contribution in [3.8, 4) is 0 Å². The molecule has 0 heterocycles. The first-order valence-electron chi connectivity index (χ1n) is 11.4. The zero-order valence-electron chi connectivity index (χ0n) is 18.1. The van der Waals surface area contributed by atoms with Gasteiger partial charge in [0.2, 0.25) is 0 Å². The second-order valence-electron chi connectivity index (χ2n) is 11.1. The molecule has 0 aromatic carbocycles. The molecule has 3 heteroatoms. The van der Waals surface area contributed by atoms with Gasteiger partial charge >= 0.3 is 0 Å². The molecule has 0 aromatic rings. The van der Waals surface area contributed by atoms with Gasteiger partial charge in [-0.3, -0.25) is 4.79 Å². The van der Waals surface area contributed by atoms with Gasteiger partial charge in [0.15, 0.2) is 0 Å². The van der Waals surface area contributed by atoms with Crippen LogP contribution in [-0.4, -0.2) is 29.7 Å². The van der Waals surface area contributed by atoms with Crippen LogP contribution < -0.4 is 0 Å². The van der Waals surface area contributed by atoms with Crippen molar-refractivity contribution in [3.05, 3.63) is 0 Å². The van der Waals surface area contributed by atoms with Crippen molar-refractivity contribution in [3.63, 3.8) is 0 Å². The maximum absolute atomic E-state index is 12.3. The van der Waals surface area contributed by atoms with Gasteiger partial charge in [-0.25, -0.2) is 0 Å². The van der Waals surface area contributed by atoms with Crippen molar-refractivity contribution in [2.45, 2.75) is 97.2 Å². The molecule has 0 aromatic heterocycles. The van der Waals surface area contributed by atoms with Crippen LogP contribution >= 0.6 is 0 Å². The van der Waals surface area contributed by atoms with Crippen molar-refractivity contribution in [2.24, 2.45) is 40.4 Å². The van der Waals surface area contributed by atoms with Crippen molar-refractivity contribution < 1.29 is 14.6 Å². The van der Waals surface area contributed by atoms with Gasteiger partial charge in [0.25, 0.3) is 0 Å². The third-order valence-electron chi connectivity index (χ3n) is 10.1. The molecular weight excluding hydrogens is 336 g/mol. The lowest BCUT2D eigenvalue weighted by Crippen LogP contribution is -2.60. The number of hydrogen-bond donors (Lipinski definition) is 1. The molecule has 0 saturated heterocycles. The summed E-state index contributed by atoms with van der Waals surface area (Å²) in [5, 5.41) is 10.8. The van der Waals surface area contributed by atoms with Crippen LogP contribution in [0.5, 0.6) is 0 Å². The minimum atomic E-state index is -0.509. The van der Waals surface area contributed by atoms with E-state index in [4.69, 9.17) is 4.74 Å². The number of methoxy groups -OCH3 is 1. The van der Waals surface area contributed by atoms with E-state index in [9.17, 15) is 9.90 Å². The zero-order valence-corrected chi connectivity index (χ0v) is 18.1. The number of ketones is 1. The van der Waals surface area contributed by atoms with Crippen molar-refractivity contribution in [1.82, 2.24) is 0 Å². The van der Waals surface area contributed by atoms with Crippen molar-refractivity contribution >= 4 is 5.78 Å². The first-order chi connectivity index (χ1) is 12.7. The van der Waals surface area contributed by atoms with E-state index in [0.717, 1.165) is 31.6 Å². The van der Waals surface area contributed by atoms with E-state index < -0.39 is 5.60 Å². The maximum atomic E-state index is 12.3. The Labute approximate surface area is 165 Å². The molecule has 0 amide bonds. The van der Waals surface area contributed by atoms with Crippen molar-refractivity contribution in [1.29, 1.82) is 0 Å². The average Bonchev–Trinajstić information content (AvgIpc) is 2.97. The van der Waals surface area contributed by atoms with E-state index in [2.05, 4.69) is 13.8 Å². The van der Waals surface area contributed by atoms with Gasteiger partial charge in [-0.1, -0.05) is 6.92 Å². The van der Waals surface area contributed by atoms with E-state index >= 15 is 0 Å². The van der Waals surface area contributed by atoms with Crippen LogP contribution in [0.25, 0.3) is 0 Å². The lowest BCUT2D eigenvalue weighted by Gasteiger charge is -2.64. The highest BCUT2D eigenvalue weighted by Gasteiger charge is 2.64. The SMILES string of the molecule is CO[C@@H](C)C12CC[C@@](C)(O)C[C@H]1CC[C@@H]1[C@@H]2CC[C@]2(C)[C@@H](C(C)=O)CC[C@@H]12. The van der Waals surface area contributed by atoms with Crippen LogP contribution in [0.3, 0.4) is 0 Å². The largest absolute Gasteiger partial charge is 0.390 e. The zero-order chi connectivity index (χ0) is 19.6. The summed E-state index contributed by atoms with van der Waals surface area (Å²) in [6.07, 6.45) is 10.5. The van der Waals surface area contributed by atoms with Crippen LogP contribution in [0.4, 0.5) is 0 Å². The Morgan fingerprint density at radius 1 is 1.04 bits per heavy atom. The lowest BCUT2D eigenvalue weighted by molar-refractivity contribution is -0.198. The minimum Gasteiger partial charge on any atom is -0.390 e. The lowest BCUT2D eigenvalue weighted by atomic mass is 9.42. The highest BCUT2D eigenvalue weighted by molar-refractivity contribution is 5.79. The van der Waals surface area contributed by atoms with Gasteiger partial charge in [-0.2, -0.15) is 0 Å². The molecule has 0 bridgehead atoms. The molecule has 4 fully saturated rings. The number of ether oxygens (including phenoxy) is 1. The van der Waals surface area contributed by atoms with E-state index in [1.807, 2.05) is 21.0 Å². The Bertz CT molecular complexity index is 598. The fourth-order valence-corrected chi connectivity index (χ4v) is 8.85. The molecule has 27 heavy (non-hydrogen) atoms. The second-order valence-corrected chi connectivity index (χ2v) is 11.1. The molecule has 4 saturated carbocycles. The van der Waals surface area contributed by atoms with Gasteiger partial charge in [-0.15, -0.1) is 0 Å². The Morgan fingerprint density at radius 2 is 1.78 bits per heavy atom. The van der Waals surface area contributed by atoms with Crippen LogP contribution in [0.2, 0.25) is 0 Å². The number of carbonyl (C=O) groups excluding carboxylic acids is 1. The van der Waals surface area contributed by atoms with Crippen molar-refractivity contribution in [2.75, 3.05) is 7.11 Å². The topological polar surface area (TPSA) is 46.5 Å². The molecule has 4 aliphatic rings. The van der Waals surface area contributed by atoms with E-state index in [0.29, 0.717) is 23.5 Å². The smallest absolute Gasteiger partial charge is 0.133 e. The predicted octanol–water partition coefficient (Wildman–Crippen LogP) is 5.00. The third-order valence-corrected chi connectivity index (χ3v) is 10.1. The molecule has 1 unspecified atom stereocenters. The third kappa shape index (κ3) is 2.78. The summed E-state index contributed by atoms with van der Waals surface area (Å²) in [5.74, 6) is 3.42. The fourth-order valence-electron chi connectivity index (χ4n) is 8.85. The van der Waals surface area contributed by atoms with E-state index in [1.54, 1.807) is 0 Å². The summed E-state index contributed by atoms with van der Waals surface area (Å²) < 4.78 is 6.03. The number of Topliss-reactive ketones (excluding diaryl/α,β-unsaturated/α-hetero) is 1. The predicted molar refractivity (Wildman–Crippen MR) is 107 cm³/mol. The number of hydrogen-bond acceptors (Lipinski definition) is 3. The highest BCUT2D eigenvalue weighted by Crippen LogP contribution is 2.69. The van der Waals surface area contributed by atoms with Crippen LogP contribution in [0.15, 0.2) is 0 Å². The first-order valence-corrected chi connectivity index (χ1v) is 11.4. The average molecular weight is 377 g/mol. The quantitative estimate of drug-likeness (QED) is 0.754. The van der Waals surface area contributed by atoms with Gasteiger partial charge in [0, 0.05) is 18.4 Å². The van der Waals surface area contributed by atoms with Crippen LogP contribution in [-0.2, 0) is 9.53 Å². The highest BCUT2D eigenvalue weighted by atomic mass is 16.5. The Morgan fingerprint density at radius 3 is 2.44 bits per heavy atom. The number of fused-ring (bicyclic) bond motifs is 5. The summed E-state index contributed by atoms with van der Waals surface area (Å²) in [6.45, 7) is 8.57. The molecule has 4 aliphatic carbocycles. The number of carbonyl (C=O) groups is 1. The molecule has 0 radical (unpaired) electrons. The molecule has 154 valence electrons. The molecule has 4 rings (SSSR count). The summed E-state index contributed by atoms with van der Waals surface area (Å²) >= 11 is 0. The molecule has 9 atom stereocenters. The van der Waals surface area contributed by atoms with Gasteiger partial charge in [-0.05, 0) is 108 Å². The number of aliphatic hydroxyl groups is 1. The Balaban J connectivity index is 1.69. The van der Waals surface area contributed by atoms with Crippen LogP contribution in [0, 0.1) is 40.4 Å². The number of rotatable bonds is 3. The monoisotopic (exact) mass is 376 g/mol. The minimum absolute atomic E-state index is 0.218. The first kappa shape index (κ1) is 19.9. The maximum Gasteiger partial charge on any atom is 0.133 e. The Kier molecular flexibility index (Phi) is 4.83. The standard InChI is InChI=1S/C24H40O3/c1-15(25)19-8-9-20-18-7-6-17-14-22(3,26)12-13-24(17,16(2)27-5)21(18)10-11-23(19,20)4/h16-21,26H,6-14H2,1-5H3/t16-,17+,18-,19+,20-,21-,22+,23+,24?/m0/s1. The molecule has 0 aliphatic heterocycles. The summed E-state index contributed by atoms with van der Waals surface area (Å²) in [7, 11) is 1.88. The normalized spacial score (nSPS) is 53.2. The fraction of sp³-hybridized carbons (Fsp3) is 0.958. The second kappa shape index (κ2) is 6.55. The van der Waals surface area contributed by atoms with Gasteiger partial charge < -0.3 is 9.84 Å². The van der Waals surface area contributed by atoms with Crippen LogP contribution in [0.1, 0.15) is 85.5 Å². The Hall–Kier alpha value is -0.410. The van der Waals surface area contributed by atoms with E-state index in [-0.39, 0.29) is 22.9 Å². The van der Waals surface area contributed by atoms with Gasteiger partial charge in [0.1, 0.15) is 5.78 Å². The molecule has 3 nitrogen and oxygen atoms in total. The molecule has 0 spiro atoms. The molecular formula is C24H40O3. The molecule has 1 N–H and O–H groups in total. The van der Waals surface area contributed by atoms with Gasteiger partial charge in [0.05, 0.1) is 11.7 Å². The summed E-state index contributed by atoms with van der Waals surface area (Å²) in [6, 6.07) is 0. The van der Waals surface area contributed by atoms with E-state index in [1.165, 1.54) is 32.1 Å². The summed E-state index contributed by atoms with van der Waals surface area (Å²) in [4.78, 5) is 12.3. The summed E-state index contributed by atoms with van der Waals surface area (Å²) in [5.41, 5.74) is -0.0717.